The second-order valence-corrected chi connectivity index (χ2v) is 6.32. The Morgan fingerprint density at radius 3 is 2.00 bits per heavy atom. The molecule has 8 heteroatoms. The molecular formula is C21H14N4O4. The fourth-order valence-corrected chi connectivity index (χ4v) is 3.23. The van der Waals surface area contributed by atoms with Gasteiger partial charge in [-0.2, -0.15) is 5.10 Å². The molecule has 29 heavy (non-hydrogen) atoms. The lowest BCUT2D eigenvalue weighted by Gasteiger charge is -2.08. The topological polar surface area (TPSA) is 111 Å². The van der Waals surface area contributed by atoms with Crippen molar-refractivity contribution in [2.24, 2.45) is 5.10 Å². The van der Waals surface area contributed by atoms with E-state index < -0.39 is 15.5 Å². The van der Waals surface area contributed by atoms with E-state index in [9.17, 15) is 20.2 Å². The maximum absolute atomic E-state index is 11.3. The second kappa shape index (κ2) is 7.35. The maximum atomic E-state index is 11.3. The van der Waals surface area contributed by atoms with Crippen LogP contribution in [0.3, 0.4) is 0 Å². The van der Waals surface area contributed by atoms with E-state index in [2.05, 4.69) is 16.6 Å². The van der Waals surface area contributed by atoms with Crippen molar-refractivity contribution in [3.63, 3.8) is 0 Å². The van der Waals surface area contributed by atoms with Gasteiger partial charge in [0.15, 0.2) is 0 Å². The van der Waals surface area contributed by atoms with E-state index in [-0.39, 0.29) is 11.4 Å². The molecule has 0 fully saturated rings. The lowest BCUT2D eigenvalue weighted by Crippen LogP contribution is -1.99. The molecule has 0 radical (unpaired) electrons. The van der Waals surface area contributed by atoms with Crippen molar-refractivity contribution >= 4 is 44.8 Å². The van der Waals surface area contributed by atoms with Gasteiger partial charge in [0.1, 0.15) is 5.69 Å². The number of non-ortho nitro benzene ring substituents is 1. The SMILES string of the molecule is O=[N+]([O-])c1ccc(NN=Cc2c3ccccc3cc3ccccc23)c([N+](=O)[O-])c1. The standard InChI is InChI=1S/C21H14N4O4/c26-24(27)16-9-10-20(21(12-16)25(28)29)23-22-13-19-17-7-3-1-5-14(17)11-15-6-2-4-8-18(15)19/h1-13,23H. The first-order chi connectivity index (χ1) is 14.0. The first kappa shape index (κ1) is 18.1. The minimum absolute atomic E-state index is 0.0707. The van der Waals surface area contributed by atoms with Gasteiger partial charge in [0.25, 0.3) is 5.69 Å². The van der Waals surface area contributed by atoms with Crippen molar-refractivity contribution < 1.29 is 9.85 Å². The number of hydrogen-bond acceptors (Lipinski definition) is 6. The number of nitrogens with zero attached hydrogens (tertiary/aromatic N) is 3. The molecule has 0 aliphatic heterocycles. The highest BCUT2D eigenvalue weighted by Crippen LogP contribution is 2.30. The molecule has 0 heterocycles. The van der Waals surface area contributed by atoms with E-state index in [0.29, 0.717) is 0 Å². The van der Waals surface area contributed by atoms with Gasteiger partial charge in [-0.1, -0.05) is 48.5 Å². The highest BCUT2D eigenvalue weighted by molar-refractivity contribution is 6.13. The third-order valence-corrected chi connectivity index (χ3v) is 4.58. The summed E-state index contributed by atoms with van der Waals surface area (Å²) >= 11 is 0. The minimum atomic E-state index is -0.682. The molecule has 0 aliphatic carbocycles. The summed E-state index contributed by atoms with van der Waals surface area (Å²) in [6, 6.07) is 21.2. The first-order valence-corrected chi connectivity index (χ1v) is 8.67. The van der Waals surface area contributed by atoms with Gasteiger partial charge in [-0.15, -0.1) is 0 Å². The summed E-state index contributed by atoms with van der Waals surface area (Å²) in [5.41, 5.74) is 2.81. The lowest BCUT2D eigenvalue weighted by atomic mass is 9.97. The summed E-state index contributed by atoms with van der Waals surface area (Å²) in [5, 5.41) is 30.4. The summed E-state index contributed by atoms with van der Waals surface area (Å²) in [4.78, 5) is 20.8. The van der Waals surface area contributed by atoms with Crippen molar-refractivity contribution in [3.05, 3.63) is 98.6 Å². The molecule has 0 amide bonds. The molecule has 8 nitrogen and oxygen atoms in total. The largest absolute Gasteiger partial charge is 0.301 e. The summed E-state index contributed by atoms with van der Waals surface area (Å²) in [6.07, 6.45) is 1.61. The van der Waals surface area contributed by atoms with Crippen LogP contribution in [0.1, 0.15) is 5.56 Å². The van der Waals surface area contributed by atoms with Crippen LogP contribution in [0.5, 0.6) is 0 Å². The Hall–Kier alpha value is -4.33. The van der Waals surface area contributed by atoms with Crippen LogP contribution in [-0.2, 0) is 0 Å². The Balaban J connectivity index is 1.76. The van der Waals surface area contributed by atoms with Crippen LogP contribution in [0.2, 0.25) is 0 Å². The molecule has 0 bridgehead atoms. The van der Waals surface area contributed by atoms with Crippen LogP contribution >= 0.6 is 0 Å². The van der Waals surface area contributed by atoms with Gasteiger partial charge < -0.3 is 0 Å². The van der Waals surface area contributed by atoms with Crippen molar-refractivity contribution in [1.29, 1.82) is 0 Å². The fraction of sp³-hybridized carbons (Fsp3) is 0. The molecule has 142 valence electrons. The monoisotopic (exact) mass is 386 g/mol. The Morgan fingerprint density at radius 2 is 1.41 bits per heavy atom. The molecular weight excluding hydrogens is 372 g/mol. The molecule has 0 spiro atoms. The molecule has 1 N–H and O–H groups in total. The number of hydrazone groups is 1. The van der Waals surface area contributed by atoms with Gasteiger partial charge in [-0.3, -0.25) is 25.7 Å². The Labute approximate surface area is 164 Å². The van der Waals surface area contributed by atoms with Crippen LogP contribution in [-0.4, -0.2) is 16.1 Å². The van der Waals surface area contributed by atoms with Gasteiger partial charge in [-0.25, -0.2) is 0 Å². The Morgan fingerprint density at radius 1 is 0.793 bits per heavy atom. The highest BCUT2D eigenvalue weighted by atomic mass is 16.6. The van der Waals surface area contributed by atoms with E-state index in [1.807, 2.05) is 48.5 Å². The van der Waals surface area contributed by atoms with E-state index in [4.69, 9.17) is 0 Å². The van der Waals surface area contributed by atoms with Crippen LogP contribution < -0.4 is 5.43 Å². The van der Waals surface area contributed by atoms with E-state index in [1.165, 1.54) is 12.1 Å². The molecule has 0 saturated carbocycles. The second-order valence-electron chi connectivity index (χ2n) is 6.32. The predicted octanol–water partition coefficient (Wildman–Crippen LogP) is 5.26. The summed E-state index contributed by atoms with van der Waals surface area (Å²) in [6.45, 7) is 0. The lowest BCUT2D eigenvalue weighted by molar-refractivity contribution is -0.393. The van der Waals surface area contributed by atoms with Crippen molar-refractivity contribution in [3.8, 4) is 0 Å². The zero-order valence-corrected chi connectivity index (χ0v) is 15.0. The quantitative estimate of drug-likeness (QED) is 0.218. The molecule has 0 saturated heterocycles. The van der Waals surface area contributed by atoms with E-state index in [0.717, 1.165) is 33.2 Å². The zero-order valence-electron chi connectivity index (χ0n) is 15.0. The van der Waals surface area contributed by atoms with Gasteiger partial charge in [0, 0.05) is 11.6 Å². The van der Waals surface area contributed by atoms with Gasteiger partial charge >= 0.3 is 5.69 Å². The summed E-state index contributed by atoms with van der Waals surface area (Å²) in [5.74, 6) is 0. The smallest absolute Gasteiger partial charge is 0.272 e. The van der Waals surface area contributed by atoms with Crippen LogP contribution in [0.4, 0.5) is 17.1 Å². The molecule has 0 aliphatic rings. The number of fused-ring (bicyclic) bond motifs is 2. The van der Waals surface area contributed by atoms with E-state index in [1.54, 1.807) is 6.21 Å². The van der Waals surface area contributed by atoms with Gasteiger partial charge in [-0.05, 0) is 33.7 Å². The van der Waals surface area contributed by atoms with Crippen molar-refractivity contribution in [1.82, 2.24) is 0 Å². The summed E-state index contributed by atoms with van der Waals surface area (Å²) in [7, 11) is 0. The average Bonchev–Trinajstić information content (AvgIpc) is 2.73. The summed E-state index contributed by atoms with van der Waals surface area (Å²) < 4.78 is 0. The minimum Gasteiger partial charge on any atom is -0.272 e. The normalized spacial score (nSPS) is 11.2. The van der Waals surface area contributed by atoms with Crippen LogP contribution in [0, 0.1) is 20.2 Å². The number of nitro groups is 2. The third-order valence-electron chi connectivity index (χ3n) is 4.58. The third kappa shape index (κ3) is 3.46. The van der Waals surface area contributed by atoms with Gasteiger partial charge in [0.2, 0.25) is 0 Å². The molecule has 0 unspecified atom stereocenters. The number of hydrogen-bond donors (Lipinski definition) is 1. The molecule has 0 aromatic heterocycles. The van der Waals surface area contributed by atoms with Crippen LogP contribution in [0.25, 0.3) is 21.5 Å². The van der Waals surface area contributed by atoms with Crippen LogP contribution in [0.15, 0.2) is 77.9 Å². The highest BCUT2D eigenvalue weighted by Gasteiger charge is 2.19. The molecule has 0 atom stereocenters. The Kier molecular flexibility index (Phi) is 4.58. The number of anilines is 1. The number of nitrogens with one attached hydrogen (secondary N) is 1. The number of nitro benzene ring substituents is 2. The Bertz CT molecular complexity index is 1250. The van der Waals surface area contributed by atoms with Gasteiger partial charge in [0.05, 0.1) is 22.1 Å². The van der Waals surface area contributed by atoms with E-state index >= 15 is 0 Å². The molecule has 4 aromatic carbocycles. The number of benzene rings is 4. The number of rotatable bonds is 5. The van der Waals surface area contributed by atoms with Crippen molar-refractivity contribution in [2.75, 3.05) is 5.43 Å². The fourth-order valence-electron chi connectivity index (χ4n) is 3.23. The predicted molar refractivity (Wildman–Crippen MR) is 112 cm³/mol. The zero-order chi connectivity index (χ0) is 20.4. The molecule has 4 aromatic rings. The van der Waals surface area contributed by atoms with Crippen molar-refractivity contribution in [2.45, 2.75) is 0 Å². The maximum Gasteiger partial charge on any atom is 0.301 e. The first-order valence-electron chi connectivity index (χ1n) is 8.67. The average molecular weight is 386 g/mol. The molecule has 4 rings (SSSR count).